The van der Waals surface area contributed by atoms with Crippen molar-refractivity contribution in [2.24, 2.45) is 5.92 Å². The standard InChI is InChI=1S/C10H18N2O3S3/c1-4-5-6-18(14,15)10-12-11-9(16-10)17(13)7-8(2)3/h8H,4-7H2,1-3H3. The second-order valence-electron chi connectivity index (χ2n) is 4.41. The highest BCUT2D eigenvalue weighted by Crippen LogP contribution is 2.21. The maximum absolute atomic E-state index is 11.9. The van der Waals surface area contributed by atoms with Gasteiger partial charge in [0.15, 0.2) is 0 Å². The third kappa shape index (κ3) is 4.40. The summed E-state index contributed by atoms with van der Waals surface area (Å²) in [5.74, 6) is 0.827. The lowest BCUT2D eigenvalue weighted by Crippen LogP contribution is -2.06. The molecule has 0 saturated heterocycles. The van der Waals surface area contributed by atoms with E-state index in [1.54, 1.807) is 0 Å². The summed E-state index contributed by atoms with van der Waals surface area (Å²) >= 11 is 0.930. The zero-order valence-electron chi connectivity index (χ0n) is 10.7. The molecule has 0 spiro atoms. The Hall–Kier alpha value is -0.340. The maximum Gasteiger partial charge on any atom is 0.233 e. The largest absolute Gasteiger partial charge is 0.252 e. The highest BCUT2D eigenvalue weighted by molar-refractivity contribution is 7.94. The minimum atomic E-state index is -3.35. The van der Waals surface area contributed by atoms with Gasteiger partial charge < -0.3 is 0 Å². The molecule has 0 aliphatic rings. The molecule has 18 heavy (non-hydrogen) atoms. The first-order chi connectivity index (χ1) is 8.36. The molecule has 104 valence electrons. The van der Waals surface area contributed by atoms with Gasteiger partial charge in [-0.3, -0.25) is 4.21 Å². The quantitative estimate of drug-likeness (QED) is 0.768. The predicted octanol–water partition coefficient (Wildman–Crippen LogP) is 1.88. The Labute approximate surface area is 114 Å². The molecule has 1 heterocycles. The van der Waals surface area contributed by atoms with Crippen LogP contribution in [0.3, 0.4) is 0 Å². The van der Waals surface area contributed by atoms with Gasteiger partial charge in [-0.1, -0.05) is 38.5 Å². The van der Waals surface area contributed by atoms with Crippen molar-refractivity contribution in [3.05, 3.63) is 0 Å². The van der Waals surface area contributed by atoms with Crippen LogP contribution < -0.4 is 0 Å². The van der Waals surface area contributed by atoms with E-state index < -0.39 is 20.6 Å². The van der Waals surface area contributed by atoms with Crippen molar-refractivity contribution in [1.29, 1.82) is 0 Å². The zero-order valence-corrected chi connectivity index (χ0v) is 13.2. The van der Waals surface area contributed by atoms with E-state index in [1.807, 2.05) is 20.8 Å². The zero-order chi connectivity index (χ0) is 13.8. The van der Waals surface area contributed by atoms with Crippen LogP contribution in [-0.2, 0) is 20.6 Å². The van der Waals surface area contributed by atoms with Gasteiger partial charge in [-0.25, -0.2) is 8.42 Å². The summed E-state index contributed by atoms with van der Waals surface area (Å²) in [7, 11) is -4.61. The van der Waals surface area contributed by atoms with Crippen molar-refractivity contribution in [2.75, 3.05) is 11.5 Å². The van der Waals surface area contributed by atoms with Crippen LogP contribution in [-0.4, -0.2) is 34.3 Å². The molecule has 1 aromatic rings. The molecule has 0 saturated carbocycles. The molecule has 0 N–H and O–H groups in total. The summed E-state index contributed by atoms with van der Waals surface area (Å²) in [5, 5.41) is 7.39. The van der Waals surface area contributed by atoms with Gasteiger partial charge >= 0.3 is 0 Å². The van der Waals surface area contributed by atoms with E-state index in [2.05, 4.69) is 10.2 Å². The SMILES string of the molecule is CCCCS(=O)(=O)c1nnc(S(=O)CC(C)C)s1. The first-order valence-corrected chi connectivity index (χ1v) is 9.60. The van der Waals surface area contributed by atoms with E-state index >= 15 is 0 Å². The monoisotopic (exact) mass is 310 g/mol. The van der Waals surface area contributed by atoms with E-state index in [4.69, 9.17) is 0 Å². The first-order valence-electron chi connectivity index (χ1n) is 5.81. The summed E-state index contributed by atoms with van der Waals surface area (Å²) in [6.45, 7) is 5.84. The number of hydrogen-bond acceptors (Lipinski definition) is 6. The number of aromatic nitrogens is 2. The molecule has 1 unspecified atom stereocenters. The molecule has 5 nitrogen and oxygen atoms in total. The van der Waals surface area contributed by atoms with Crippen LogP contribution in [0.25, 0.3) is 0 Å². The van der Waals surface area contributed by atoms with Gasteiger partial charge in [0.1, 0.15) is 0 Å². The topological polar surface area (TPSA) is 77.0 Å². The minimum Gasteiger partial charge on any atom is -0.252 e. The third-order valence-electron chi connectivity index (χ3n) is 2.10. The Kier molecular flexibility index (Phi) is 5.87. The van der Waals surface area contributed by atoms with E-state index in [-0.39, 0.29) is 16.0 Å². The van der Waals surface area contributed by atoms with Crippen LogP contribution in [0.5, 0.6) is 0 Å². The molecule has 0 aliphatic carbocycles. The number of nitrogens with zero attached hydrogens (tertiary/aromatic N) is 2. The average Bonchev–Trinajstić information content (AvgIpc) is 2.75. The summed E-state index contributed by atoms with van der Waals surface area (Å²) in [5.41, 5.74) is 0. The van der Waals surface area contributed by atoms with Crippen LogP contribution in [0.1, 0.15) is 33.6 Å². The van der Waals surface area contributed by atoms with Gasteiger partial charge in [0.25, 0.3) is 0 Å². The average molecular weight is 310 g/mol. The lowest BCUT2D eigenvalue weighted by atomic mass is 10.3. The van der Waals surface area contributed by atoms with Crippen LogP contribution in [0.4, 0.5) is 0 Å². The Morgan fingerprint density at radius 1 is 1.33 bits per heavy atom. The molecule has 1 aromatic heterocycles. The van der Waals surface area contributed by atoms with Gasteiger partial charge in [-0.15, -0.1) is 10.2 Å². The molecule has 0 amide bonds. The fraction of sp³-hybridized carbons (Fsp3) is 0.800. The summed E-state index contributed by atoms with van der Waals surface area (Å²) < 4.78 is 35.8. The number of rotatable bonds is 7. The second kappa shape index (κ2) is 6.72. The van der Waals surface area contributed by atoms with Crippen LogP contribution in [0.15, 0.2) is 8.68 Å². The number of unbranched alkanes of at least 4 members (excludes halogenated alkanes) is 1. The Morgan fingerprint density at radius 3 is 2.56 bits per heavy atom. The molecular weight excluding hydrogens is 292 g/mol. The van der Waals surface area contributed by atoms with E-state index in [1.165, 1.54) is 0 Å². The fourth-order valence-corrected chi connectivity index (χ4v) is 5.38. The molecule has 1 atom stereocenters. The van der Waals surface area contributed by atoms with E-state index in [0.29, 0.717) is 16.5 Å². The Bertz CT molecular complexity index is 508. The normalized spacial score (nSPS) is 14.0. The smallest absolute Gasteiger partial charge is 0.233 e. The van der Waals surface area contributed by atoms with Crippen LogP contribution in [0.2, 0.25) is 0 Å². The van der Waals surface area contributed by atoms with Gasteiger partial charge in [-0.05, 0) is 12.3 Å². The Morgan fingerprint density at radius 2 is 2.00 bits per heavy atom. The van der Waals surface area contributed by atoms with Crippen molar-refractivity contribution in [3.63, 3.8) is 0 Å². The predicted molar refractivity (Wildman–Crippen MR) is 73.0 cm³/mol. The van der Waals surface area contributed by atoms with Crippen LogP contribution in [0, 0.1) is 5.92 Å². The van der Waals surface area contributed by atoms with E-state index in [9.17, 15) is 12.6 Å². The minimum absolute atomic E-state index is 0.0111. The van der Waals surface area contributed by atoms with Gasteiger partial charge in [0, 0.05) is 5.75 Å². The molecule has 0 aromatic carbocycles. The number of hydrogen-bond donors (Lipinski definition) is 0. The lowest BCUT2D eigenvalue weighted by Gasteiger charge is -2.00. The molecule has 0 bridgehead atoms. The van der Waals surface area contributed by atoms with Crippen LogP contribution >= 0.6 is 11.3 Å². The highest BCUT2D eigenvalue weighted by atomic mass is 32.2. The third-order valence-corrected chi connectivity index (χ3v) is 7.31. The first kappa shape index (κ1) is 15.7. The van der Waals surface area contributed by atoms with Gasteiger partial charge in [-0.2, -0.15) is 0 Å². The summed E-state index contributed by atoms with van der Waals surface area (Å²) in [6.07, 6.45) is 1.41. The summed E-state index contributed by atoms with van der Waals surface area (Å²) in [6, 6.07) is 0. The van der Waals surface area contributed by atoms with Crippen molar-refractivity contribution >= 4 is 32.0 Å². The highest BCUT2D eigenvalue weighted by Gasteiger charge is 2.21. The Balaban J connectivity index is 2.83. The molecular formula is C10H18N2O3S3. The molecule has 0 radical (unpaired) electrons. The molecule has 0 aliphatic heterocycles. The number of sulfone groups is 1. The van der Waals surface area contributed by atoms with E-state index in [0.717, 1.165) is 17.8 Å². The molecule has 0 fully saturated rings. The van der Waals surface area contributed by atoms with Crippen molar-refractivity contribution in [3.8, 4) is 0 Å². The van der Waals surface area contributed by atoms with Crippen molar-refractivity contribution in [1.82, 2.24) is 10.2 Å². The summed E-state index contributed by atoms with van der Waals surface area (Å²) in [4.78, 5) is 0. The molecule has 8 heteroatoms. The fourth-order valence-electron chi connectivity index (χ4n) is 1.21. The molecule has 1 rings (SSSR count). The van der Waals surface area contributed by atoms with Crippen molar-refractivity contribution < 1.29 is 12.6 Å². The second-order valence-corrected chi connectivity index (χ2v) is 9.34. The van der Waals surface area contributed by atoms with Gasteiger partial charge in [0.05, 0.1) is 16.6 Å². The van der Waals surface area contributed by atoms with Gasteiger partial charge in [0.2, 0.25) is 18.5 Å². The maximum atomic E-state index is 11.9. The lowest BCUT2D eigenvalue weighted by molar-refractivity contribution is 0.590. The van der Waals surface area contributed by atoms with Crippen molar-refractivity contribution in [2.45, 2.75) is 42.3 Å².